The number of benzene rings is 10. The van der Waals surface area contributed by atoms with Gasteiger partial charge in [-0.05, 0) is 120 Å². The van der Waals surface area contributed by atoms with Crippen LogP contribution in [0, 0.1) is 0 Å². The third-order valence-electron chi connectivity index (χ3n) is 13.0. The molecule has 0 saturated carbocycles. The summed E-state index contributed by atoms with van der Waals surface area (Å²) in [6.07, 6.45) is 1.88. The Morgan fingerprint density at radius 3 is 1.65 bits per heavy atom. The molecule has 0 atom stereocenters. The molecule has 0 unspecified atom stereocenters. The maximum atomic E-state index is 5.50. The molecule has 0 saturated heterocycles. The van der Waals surface area contributed by atoms with E-state index in [9.17, 15) is 0 Å². The Hall–Kier alpha value is -8.73. The summed E-state index contributed by atoms with van der Waals surface area (Å²) in [5, 5.41) is 10.7. The summed E-state index contributed by atoms with van der Waals surface area (Å²) in [4.78, 5) is 15.9. The zero-order chi connectivity index (χ0) is 42.8. The van der Waals surface area contributed by atoms with Gasteiger partial charge in [0, 0.05) is 34.0 Å². The van der Waals surface area contributed by atoms with E-state index in [1.54, 1.807) is 0 Å². The molecule has 0 aliphatic rings. The largest absolute Gasteiger partial charge is 0.308 e. The third kappa shape index (κ3) is 6.03. The van der Waals surface area contributed by atoms with Gasteiger partial charge in [-0.15, -0.1) is 0 Å². The van der Waals surface area contributed by atoms with Crippen molar-refractivity contribution >= 4 is 65.0 Å². The second-order valence-corrected chi connectivity index (χ2v) is 16.7. The van der Waals surface area contributed by atoms with Crippen molar-refractivity contribution in [2.75, 3.05) is 0 Å². The van der Waals surface area contributed by atoms with Crippen molar-refractivity contribution in [3.63, 3.8) is 0 Å². The van der Waals surface area contributed by atoms with Gasteiger partial charge in [0.1, 0.15) is 0 Å². The van der Waals surface area contributed by atoms with Crippen LogP contribution in [0.15, 0.2) is 231 Å². The maximum Gasteiger partial charge on any atom is 0.160 e. The summed E-state index contributed by atoms with van der Waals surface area (Å²) in [7, 11) is 0. The number of aromatic nitrogens is 4. The molecule has 65 heavy (non-hydrogen) atoms. The highest BCUT2D eigenvalue weighted by atomic mass is 15.0. The molecule has 0 bridgehead atoms. The number of pyridine rings is 1. The lowest BCUT2D eigenvalue weighted by atomic mass is 9.85. The predicted octanol–water partition coefficient (Wildman–Crippen LogP) is 15.9. The molecule has 0 spiro atoms. The molecule has 3 heterocycles. The van der Waals surface area contributed by atoms with Crippen molar-refractivity contribution in [2.24, 2.45) is 0 Å². The topological polar surface area (TPSA) is 43.6 Å². The molecule has 4 nitrogen and oxygen atoms in total. The molecule has 10 aromatic carbocycles. The van der Waals surface area contributed by atoms with Gasteiger partial charge in [0.2, 0.25) is 0 Å². The third-order valence-corrected chi connectivity index (χ3v) is 13.0. The number of rotatable bonds is 6. The molecule has 0 aliphatic heterocycles. The minimum absolute atomic E-state index is 0.663. The summed E-state index contributed by atoms with van der Waals surface area (Å²) in [6.45, 7) is 0. The van der Waals surface area contributed by atoms with Gasteiger partial charge in [-0.2, -0.15) is 0 Å². The molecular formula is C61H38N4. The number of hydrogen-bond acceptors (Lipinski definition) is 3. The van der Waals surface area contributed by atoms with Crippen LogP contribution in [0.4, 0.5) is 0 Å². The van der Waals surface area contributed by atoms with Crippen molar-refractivity contribution < 1.29 is 0 Å². The number of fused-ring (bicyclic) bond motifs is 8. The van der Waals surface area contributed by atoms with Gasteiger partial charge < -0.3 is 4.57 Å². The number of para-hydroxylation sites is 1. The van der Waals surface area contributed by atoms with Crippen LogP contribution in [0.2, 0.25) is 0 Å². The Morgan fingerprint density at radius 2 is 0.908 bits per heavy atom. The van der Waals surface area contributed by atoms with E-state index in [1.165, 1.54) is 54.4 Å². The van der Waals surface area contributed by atoms with Gasteiger partial charge in [-0.1, -0.05) is 170 Å². The van der Waals surface area contributed by atoms with Crippen LogP contribution in [-0.2, 0) is 0 Å². The van der Waals surface area contributed by atoms with Crippen LogP contribution >= 0.6 is 0 Å². The Bertz CT molecular complexity index is 3940. The lowest BCUT2D eigenvalue weighted by Gasteiger charge is -2.18. The molecule has 0 aliphatic carbocycles. The van der Waals surface area contributed by atoms with E-state index in [-0.39, 0.29) is 0 Å². The van der Waals surface area contributed by atoms with E-state index in [0.717, 1.165) is 66.7 Å². The van der Waals surface area contributed by atoms with Crippen LogP contribution in [0.3, 0.4) is 0 Å². The van der Waals surface area contributed by atoms with Crippen molar-refractivity contribution in [3.8, 4) is 61.8 Å². The summed E-state index contributed by atoms with van der Waals surface area (Å²) < 4.78 is 2.30. The maximum absolute atomic E-state index is 5.50. The minimum Gasteiger partial charge on any atom is -0.308 e. The second kappa shape index (κ2) is 15.0. The summed E-state index contributed by atoms with van der Waals surface area (Å²) in [6, 6.07) is 80.2. The van der Waals surface area contributed by atoms with Crippen molar-refractivity contribution in [1.82, 2.24) is 19.5 Å². The van der Waals surface area contributed by atoms with Crippen LogP contribution in [0.1, 0.15) is 0 Å². The Morgan fingerprint density at radius 1 is 0.323 bits per heavy atom. The lowest BCUT2D eigenvalue weighted by molar-refractivity contribution is 1.17. The van der Waals surface area contributed by atoms with Crippen LogP contribution < -0.4 is 0 Å². The number of hydrogen-bond donors (Lipinski definition) is 0. The summed E-state index contributed by atoms with van der Waals surface area (Å²) in [5.74, 6) is 0.663. The van der Waals surface area contributed by atoms with Crippen molar-refractivity contribution in [2.45, 2.75) is 0 Å². The normalized spacial score (nSPS) is 11.7. The van der Waals surface area contributed by atoms with Crippen LogP contribution in [-0.4, -0.2) is 19.5 Å². The fourth-order valence-electron chi connectivity index (χ4n) is 10.1. The predicted molar refractivity (Wildman–Crippen MR) is 271 cm³/mol. The Kier molecular flexibility index (Phi) is 8.50. The van der Waals surface area contributed by atoms with E-state index in [4.69, 9.17) is 15.0 Å². The van der Waals surface area contributed by atoms with E-state index < -0.39 is 0 Å². The van der Waals surface area contributed by atoms with Gasteiger partial charge >= 0.3 is 0 Å². The van der Waals surface area contributed by atoms with Gasteiger partial charge in [-0.3, -0.25) is 4.98 Å². The summed E-state index contributed by atoms with van der Waals surface area (Å²) in [5.41, 5.74) is 13.7. The van der Waals surface area contributed by atoms with Crippen molar-refractivity contribution in [1.29, 1.82) is 0 Å². The monoisotopic (exact) mass is 826 g/mol. The molecule has 0 radical (unpaired) electrons. The lowest BCUT2D eigenvalue weighted by Crippen LogP contribution is -1.97. The highest BCUT2D eigenvalue weighted by molar-refractivity contribution is 6.21. The first kappa shape index (κ1) is 36.9. The smallest absolute Gasteiger partial charge is 0.160 e. The molecular weight excluding hydrogens is 789 g/mol. The molecule has 4 heteroatoms. The summed E-state index contributed by atoms with van der Waals surface area (Å²) >= 11 is 0. The standard InChI is InChI=1S/C61H38N4/c1-3-17-39(18-4-1)58-48-27-11-13-29-50(48)59(51-30-14-12-28-49(51)58)42-20-15-21-43(35-42)61-63-54(38-55(64-61)52-36-40-19-7-8-24-45(40)46-25-9-10-26-47(46)52)41-32-33-56-53(37-41)60-57(31-16-34-62-60)65(56)44-22-5-2-6-23-44/h1-38H. The van der Waals surface area contributed by atoms with E-state index in [1.807, 2.05) is 12.3 Å². The van der Waals surface area contributed by atoms with Crippen LogP contribution in [0.25, 0.3) is 127 Å². The quantitative estimate of drug-likeness (QED) is 0.124. The van der Waals surface area contributed by atoms with Gasteiger partial charge in [0.05, 0.1) is 27.9 Å². The molecule has 0 amide bonds. The molecule has 13 rings (SSSR count). The van der Waals surface area contributed by atoms with Crippen LogP contribution in [0.5, 0.6) is 0 Å². The highest BCUT2D eigenvalue weighted by Gasteiger charge is 2.20. The molecule has 0 fully saturated rings. The first-order valence-corrected chi connectivity index (χ1v) is 22.1. The first-order chi connectivity index (χ1) is 32.2. The SMILES string of the molecule is c1ccc(-c2c3ccccc3c(-c3cccc(-c4nc(-c5ccc6c(c5)c5ncccc5n6-c5ccccc5)cc(-c5cc6ccccc6c6ccccc56)n4)c3)c3ccccc23)cc1. The van der Waals surface area contributed by atoms with E-state index in [2.05, 4.69) is 223 Å². The number of nitrogens with zero attached hydrogens (tertiary/aromatic N) is 4. The molecule has 13 aromatic rings. The zero-order valence-corrected chi connectivity index (χ0v) is 35.2. The average molecular weight is 827 g/mol. The fraction of sp³-hybridized carbons (Fsp3) is 0. The highest BCUT2D eigenvalue weighted by Crippen LogP contribution is 2.45. The molecule has 3 aromatic heterocycles. The first-order valence-electron chi connectivity index (χ1n) is 22.1. The van der Waals surface area contributed by atoms with Crippen molar-refractivity contribution in [3.05, 3.63) is 231 Å². The fourth-order valence-corrected chi connectivity index (χ4v) is 10.1. The van der Waals surface area contributed by atoms with Gasteiger partial charge in [-0.25, -0.2) is 9.97 Å². The van der Waals surface area contributed by atoms with E-state index in [0.29, 0.717) is 5.82 Å². The van der Waals surface area contributed by atoms with E-state index >= 15 is 0 Å². The molecule has 302 valence electrons. The second-order valence-electron chi connectivity index (χ2n) is 16.7. The Labute approximate surface area is 375 Å². The zero-order valence-electron chi connectivity index (χ0n) is 35.2. The molecule has 0 N–H and O–H groups in total. The minimum atomic E-state index is 0.663. The average Bonchev–Trinajstić information content (AvgIpc) is 3.72. The Balaban J connectivity index is 1.05. The van der Waals surface area contributed by atoms with Gasteiger partial charge in [0.15, 0.2) is 5.82 Å². The van der Waals surface area contributed by atoms with Gasteiger partial charge in [0.25, 0.3) is 0 Å².